The summed E-state index contributed by atoms with van der Waals surface area (Å²) in [5.74, 6) is 0. The van der Waals surface area contributed by atoms with Crippen molar-refractivity contribution in [2.24, 2.45) is 5.14 Å². The van der Waals surface area contributed by atoms with E-state index in [0.29, 0.717) is 47.7 Å². The average molecular weight is 415 g/mol. The summed E-state index contributed by atoms with van der Waals surface area (Å²) >= 11 is 1.19. The van der Waals surface area contributed by atoms with Crippen molar-refractivity contribution >= 4 is 37.1 Å². The first-order valence-electron chi connectivity index (χ1n) is 8.46. The molecule has 0 radical (unpaired) electrons. The Morgan fingerprint density at radius 3 is 2.62 bits per heavy atom. The van der Waals surface area contributed by atoms with Gasteiger partial charge in [-0.25, -0.2) is 22.0 Å². The molecule has 2 heterocycles. The van der Waals surface area contributed by atoms with Gasteiger partial charge < -0.3 is 0 Å². The van der Waals surface area contributed by atoms with Gasteiger partial charge in [-0.2, -0.15) is 0 Å². The number of nitrogens with zero attached hydrogens (tertiary/aromatic N) is 1. The van der Waals surface area contributed by atoms with Gasteiger partial charge >= 0.3 is 0 Å². The molecular formula is C17H22N2O4S3. The molecule has 0 saturated heterocycles. The highest BCUT2D eigenvalue weighted by molar-refractivity contribution is 7.94. The van der Waals surface area contributed by atoms with Crippen molar-refractivity contribution in [1.29, 1.82) is 0 Å². The number of aryl methyl sites for hydroxylation is 1. The summed E-state index contributed by atoms with van der Waals surface area (Å²) in [6.07, 6.45) is 2.53. The number of hydrogen-bond donors (Lipinski definition) is 1. The molecule has 0 aliphatic carbocycles. The minimum Gasteiger partial charge on any atom is -0.265 e. The fourth-order valence-corrected chi connectivity index (χ4v) is 7.07. The van der Waals surface area contributed by atoms with Crippen LogP contribution in [0.2, 0.25) is 0 Å². The molecule has 26 heavy (non-hydrogen) atoms. The average Bonchev–Trinajstić information content (AvgIpc) is 3.13. The molecule has 0 bridgehead atoms. The van der Waals surface area contributed by atoms with Crippen LogP contribution in [0.4, 0.5) is 5.69 Å². The zero-order valence-electron chi connectivity index (χ0n) is 14.5. The zero-order chi connectivity index (χ0) is 18.9. The number of fused-ring (bicyclic) bond motifs is 1. The summed E-state index contributed by atoms with van der Waals surface area (Å²) in [6.45, 7) is 2.33. The second-order valence-corrected chi connectivity index (χ2v) is 11.2. The van der Waals surface area contributed by atoms with E-state index < -0.39 is 25.3 Å². The van der Waals surface area contributed by atoms with Gasteiger partial charge in [0.1, 0.15) is 9.46 Å². The van der Waals surface area contributed by atoms with Crippen LogP contribution in [0, 0.1) is 0 Å². The highest BCUT2D eigenvalue weighted by Crippen LogP contribution is 2.36. The molecule has 2 aromatic rings. The van der Waals surface area contributed by atoms with E-state index in [9.17, 15) is 16.8 Å². The Labute approximate surface area is 158 Å². The number of hydrogen-bond acceptors (Lipinski definition) is 5. The number of sulfonamides is 2. The Morgan fingerprint density at radius 2 is 2.00 bits per heavy atom. The molecule has 1 aromatic heterocycles. The zero-order valence-corrected chi connectivity index (χ0v) is 16.9. The Bertz CT molecular complexity index is 983. The maximum Gasteiger partial charge on any atom is 0.273 e. The Balaban J connectivity index is 2.03. The van der Waals surface area contributed by atoms with E-state index >= 15 is 0 Å². The number of thiophene rings is 1. The summed E-state index contributed by atoms with van der Waals surface area (Å²) in [5, 5.41) is 6.38. The number of rotatable bonds is 6. The molecule has 0 spiro atoms. The van der Waals surface area contributed by atoms with E-state index in [1.807, 2.05) is 6.92 Å². The van der Waals surface area contributed by atoms with Crippen LogP contribution in [0.15, 0.2) is 39.9 Å². The van der Waals surface area contributed by atoms with Gasteiger partial charge in [-0.15, -0.1) is 11.3 Å². The van der Waals surface area contributed by atoms with Crippen molar-refractivity contribution in [2.75, 3.05) is 10.8 Å². The van der Waals surface area contributed by atoms with Gasteiger partial charge in [-0.05, 0) is 47.9 Å². The number of primary sulfonamides is 1. The van der Waals surface area contributed by atoms with Crippen LogP contribution in [0.1, 0.15) is 42.6 Å². The van der Waals surface area contributed by atoms with E-state index in [0.717, 1.165) is 5.56 Å². The van der Waals surface area contributed by atoms with Crippen LogP contribution in [0.3, 0.4) is 0 Å². The molecule has 1 aromatic carbocycles. The molecule has 1 aliphatic rings. The van der Waals surface area contributed by atoms with Crippen LogP contribution in [-0.2, 0) is 26.5 Å². The summed E-state index contributed by atoms with van der Waals surface area (Å²) < 4.78 is 51.4. The predicted molar refractivity (Wildman–Crippen MR) is 104 cm³/mol. The van der Waals surface area contributed by atoms with Crippen molar-refractivity contribution in [2.45, 2.75) is 42.1 Å². The van der Waals surface area contributed by atoms with E-state index in [-0.39, 0.29) is 0 Å². The smallest absolute Gasteiger partial charge is 0.265 e. The van der Waals surface area contributed by atoms with Crippen LogP contribution in [-0.4, -0.2) is 23.4 Å². The Hall–Kier alpha value is -1.42. The highest BCUT2D eigenvalue weighted by Gasteiger charge is 2.31. The van der Waals surface area contributed by atoms with Crippen molar-refractivity contribution in [3.05, 3.63) is 46.8 Å². The van der Waals surface area contributed by atoms with Crippen molar-refractivity contribution < 1.29 is 16.8 Å². The van der Waals surface area contributed by atoms with E-state index in [1.165, 1.54) is 15.6 Å². The van der Waals surface area contributed by atoms with Gasteiger partial charge in [0, 0.05) is 6.54 Å². The van der Waals surface area contributed by atoms with Crippen LogP contribution < -0.4 is 9.44 Å². The molecule has 0 fully saturated rings. The minimum atomic E-state index is -3.71. The maximum absolute atomic E-state index is 12.9. The van der Waals surface area contributed by atoms with Gasteiger partial charge in [-0.1, -0.05) is 31.5 Å². The number of benzene rings is 1. The fourth-order valence-electron chi connectivity index (χ4n) is 3.33. The van der Waals surface area contributed by atoms with Gasteiger partial charge in [0.15, 0.2) is 0 Å². The fraction of sp³-hybridized carbons (Fsp3) is 0.412. The van der Waals surface area contributed by atoms with Crippen molar-refractivity contribution in [3.8, 4) is 0 Å². The third-order valence-electron chi connectivity index (χ3n) is 4.54. The van der Waals surface area contributed by atoms with Crippen LogP contribution >= 0.6 is 11.3 Å². The predicted octanol–water partition coefficient (Wildman–Crippen LogP) is 3.02. The van der Waals surface area contributed by atoms with E-state index in [1.54, 1.807) is 35.7 Å². The first-order valence-corrected chi connectivity index (χ1v) is 12.4. The van der Waals surface area contributed by atoms with Crippen LogP contribution in [0.25, 0.3) is 0 Å². The molecule has 0 amide bonds. The monoisotopic (exact) mass is 414 g/mol. The molecule has 3 rings (SSSR count). The second-order valence-electron chi connectivity index (χ2n) is 6.37. The second kappa shape index (κ2) is 7.30. The summed E-state index contributed by atoms with van der Waals surface area (Å²) in [6, 6.07) is 8.51. The summed E-state index contributed by atoms with van der Waals surface area (Å²) in [7, 11) is -7.31. The lowest BCUT2D eigenvalue weighted by Crippen LogP contribution is -2.35. The minimum absolute atomic E-state index is 0.308. The van der Waals surface area contributed by atoms with Crippen molar-refractivity contribution in [3.63, 3.8) is 0 Å². The normalized spacial score (nSPS) is 16.3. The van der Waals surface area contributed by atoms with Crippen LogP contribution in [0.5, 0.6) is 0 Å². The van der Waals surface area contributed by atoms with Gasteiger partial charge in [-0.3, -0.25) is 4.31 Å². The van der Waals surface area contributed by atoms with Gasteiger partial charge in [0.2, 0.25) is 10.0 Å². The third-order valence-corrected chi connectivity index (χ3v) is 9.03. The summed E-state index contributed by atoms with van der Waals surface area (Å²) in [5.41, 5.74) is 2.10. The molecule has 1 aliphatic heterocycles. The number of nitrogens with two attached hydrogens (primary N) is 1. The lowest BCUT2D eigenvalue weighted by molar-refractivity contribution is 0.574. The first-order chi connectivity index (χ1) is 12.2. The molecule has 6 nitrogen and oxygen atoms in total. The van der Waals surface area contributed by atoms with E-state index in [4.69, 9.17) is 5.14 Å². The standard InChI is InChI=1S/C17H22N2O4S3/c1-2-5-16(25(18,20)21)14-8-9-15-13(12-14)6-3-10-19(15)26(22,23)17-7-4-11-24-17/h4,7-9,11-12,16H,2-3,5-6,10H2,1H3,(H2,18,20,21). The molecular weight excluding hydrogens is 392 g/mol. The summed E-state index contributed by atoms with van der Waals surface area (Å²) in [4.78, 5) is 0. The SMILES string of the molecule is CCCC(c1ccc2c(c1)CCCN2S(=O)(=O)c1cccs1)S(N)(=O)=O. The molecule has 2 N–H and O–H groups in total. The molecule has 9 heteroatoms. The molecule has 1 unspecified atom stereocenters. The molecule has 0 saturated carbocycles. The quantitative estimate of drug-likeness (QED) is 0.785. The largest absolute Gasteiger partial charge is 0.273 e. The number of anilines is 1. The third kappa shape index (κ3) is 3.66. The van der Waals surface area contributed by atoms with Crippen molar-refractivity contribution in [1.82, 2.24) is 0 Å². The Kier molecular flexibility index (Phi) is 5.43. The lowest BCUT2D eigenvalue weighted by Gasteiger charge is -2.31. The molecule has 1 atom stereocenters. The lowest BCUT2D eigenvalue weighted by atomic mass is 9.98. The highest BCUT2D eigenvalue weighted by atomic mass is 32.2. The Morgan fingerprint density at radius 1 is 1.23 bits per heavy atom. The maximum atomic E-state index is 12.9. The van der Waals surface area contributed by atoms with E-state index in [2.05, 4.69) is 0 Å². The molecule has 142 valence electrons. The van der Waals surface area contributed by atoms with Gasteiger partial charge in [0.25, 0.3) is 10.0 Å². The topological polar surface area (TPSA) is 97.5 Å². The first kappa shape index (κ1) is 19.3. The van der Waals surface area contributed by atoms with Gasteiger partial charge in [0.05, 0.1) is 5.69 Å².